The molecule has 1 aromatic carbocycles. The molecule has 120 valence electrons. The minimum Gasteiger partial charge on any atom is -0.296 e. The lowest BCUT2D eigenvalue weighted by molar-refractivity contribution is 0.260. The molecular weight excluding hydrogens is 387 g/mol. The number of hydrogen-bond donors (Lipinski definition) is 1. The summed E-state index contributed by atoms with van der Waals surface area (Å²) in [7, 11) is 0. The maximum Gasteiger partial charge on any atom is 0.151 e. The topological polar surface area (TPSA) is 44.8 Å². The summed E-state index contributed by atoms with van der Waals surface area (Å²) >= 11 is 2.35. The van der Waals surface area contributed by atoms with Crippen LogP contribution in [0.2, 0.25) is 0 Å². The second-order valence-electron chi connectivity index (χ2n) is 5.60. The minimum absolute atomic E-state index is 0.873. The van der Waals surface area contributed by atoms with E-state index in [1.807, 2.05) is 0 Å². The predicted molar refractivity (Wildman–Crippen MR) is 98.8 cm³/mol. The van der Waals surface area contributed by atoms with Crippen molar-refractivity contribution >= 4 is 22.6 Å². The first-order valence-electron chi connectivity index (χ1n) is 8.08. The van der Waals surface area contributed by atoms with Crippen molar-refractivity contribution in [3.05, 3.63) is 45.0 Å². The van der Waals surface area contributed by atoms with Gasteiger partial charge >= 0.3 is 0 Å². The molecule has 0 saturated heterocycles. The van der Waals surface area contributed by atoms with Gasteiger partial charge in [-0.05, 0) is 72.6 Å². The van der Waals surface area contributed by atoms with E-state index >= 15 is 0 Å². The van der Waals surface area contributed by atoms with Crippen LogP contribution < -0.4 is 0 Å². The molecule has 22 heavy (non-hydrogen) atoms. The Morgan fingerprint density at radius 3 is 2.59 bits per heavy atom. The van der Waals surface area contributed by atoms with Crippen LogP contribution in [-0.4, -0.2) is 33.2 Å². The largest absolute Gasteiger partial charge is 0.296 e. The Morgan fingerprint density at radius 1 is 1.14 bits per heavy atom. The number of benzene rings is 1. The monoisotopic (exact) mass is 412 g/mol. The van der Waals surface area contributed by atoms with Crippen molar-refractivity contribution in [1.82, 2.24) is 20.1 Å². The lowest BCUT2D eigenvalue weighted by Crippen LogP contribution is -2.25. The standard InChI is InChI=1S/C17H25IN4/c1-3-10-22(11-4-2)13-17-19-16(20-21-17)9-8-14-6-5-7-15(18)12-14/h5-7,12H,3-4,8-11,13H2,1-2H3,(H,19,20,21). The second-order valence-corrected chi connectivity index (χ2v) is 6.85. The van der Waals surface area contributed by atoms with Gasteiger partial charge in [0.1, 0.15) is 5.82 Å². The van der Waals surface area contributed by atoms with Gasteiger partial charge in [0.05, 0.1) is 6.54 Å². The fraction of sp³-hybridized carbons (Fsp3) is 0.529. The lowest BCUT2D eigenvalue weighted by Gasteiger charge is -2.18. The zero-order valence-corrected chi connectivity index (χ0v) is 15.6. The van der Waals surface area contributed by atoms with Crippen LogP contribution in [0.15, 0.2) is 24.3 Å². The molecule has 4 nitrogen and oxygen atoms in total. The van der Waals surface area contributed by atoms with E-state index in [0.717, 1.165) is 44.1 Å². The first-order chi connectivity index (χ1) is 10.7. The van der Waals surface area contributed by atoms with Crippen LogP contribution in [0.3, 0.4) is 0 Å². The Hall–Kier alpha value is -0.950. The molecule has 1 heterocycles. The highest BCUT2D eigenvalue weighted by atomic mass is 127. The van der Waals surface area contributed by atoms with E-state index in [2.05, 4.69) is 80.8 Å². The fourth-order valence-corrected chi connectivity index (χ4v) is 3.19. The van der Waals surface area contributed by atoms with Crippen LogP contribution in [-0.2, 0) is 19.4 Å². The highest BCUT2D eigenvalue weighted by Gasteiger charge is 2.08. The average molecular weight is 412 g/mol. The predicted octanol–water partition coefficient (Wildman–Crippen LogP) is 3.82. The summed E-state index contributed by atoms with van der Waals surface area (Å²) in [5, 5.41) is 7.46. The van der Waals surface area contributed by atoms with E-state index in [9.17, 15) is 0 Å². The maximum absolute atomic E-state index is 4.64. The van der Waals surface area contributed by atoms with E-state index in [1.54, 1.807) is 0 Å². The summed E-state index contributed by atoms with van der Waals surface area (Å²) in [5.41, 5.74) is 1.34. The highest BCUT2D eigenvalue weighted by molar-refractivity contribution is 14.1. The number of rotatable bonds is 9. The minimum atomic E-state index is 0.873. The molecule has 5 heteroatoms. The van der Waals surface area contributed by atoms with Crippen LogP contribution >= 0.6 is 22.6 Å². The summed E-state index contributed by atoms with van der Waals surface area (Å²) in [4.78, 5) is 7.08. The summed E-state index contributed by atoms with van der Waals surface area (Å²) in [6.07, 6.45) is 4.22. The van der Waals surface area contributed by atoms with Crippen LogP contribution in [0.25, 0.3) is 0 Å². The van der Waals surface area contributed by atoms with E-state index in [-0.39, 0.29) is 0 Å². The number of aromatic amines is 1. The van der Waals surface area contributed by atoms with Crippen LogP contribution in [0.5, 0.6) is 0 Å². The van der Waals surface area contributed by atoms with E-state index < -0.39 is 0 Å². The first-order valence-corrected chi connectivity index (χ1v) is 9.16. The number of hydrogen-bond acceptors (Lipinski definition) is 3. The number of nitrogens with zero attached hydrogens (tertiary/aromatic N) is 3. The van der Waals surface area contributed by atoms with Gasteiger partial charge in [-0.25, -0.2) is 4.98 Å². The van der Waals surface area contributed by atoms with Crippen molar-refractivity contribution in [2.45, 2.75) is 46.1 Å². The van der Waals surface area contributed by atoms with Gasteiger partial charge in [-0.1, -0.05) is 26.0 Å². The molecule has 0 saturated carbocycles. The molecule has 0 aliphatic heterocycles. The van der Waals surface area contributed by atoms with Crippen molar-refractivity contribution in [2.24, 2.45) is 0 Å². The van der Waals surface area contributed by atoms with Crippen molar-refractivity contribution in [3.63, 3.8) is 0 Å². The quantitative estimate of drug-likeness (QED) is 0.637. The number of aromatic nitrogens is 3. The Labute approximate surface area is 146 Å². The Morgan fingerprint density at radius 2 is 1.91 bits per heavy atom. The molecule has 0 amide bonds. The number of nitrogens with one attached hydrogen (secondary N) is 1. The Bertz CT molecular complexity index is 561. The smallest absolute Gasteiger partial charge is 0.151 e. The summed E-state index contributed by atoms with van der Waals surface area (Å²) in [6, 6.07) is 8.61. The molecule has 1 aromatic heterocycles. The van der Waals surface area contributed by atoms with E-state index in [4.69, 9.17) is 0 Å². The van der Waals surface area contributed by atoms with Crippen molar-refractivity contribution in [3.8, 4) is 0 Å². The summed E-state index contributed by atoms with van der Waals surface area (Å²) in [5.74, 6) is 1.90. The summed E-state index contributed by atoms with van der Waals surface area (Å²) in [6.45, 7) is 7.54. The molecule has 0 atom stereocenters. The zero-order valence-electron chi connectivity index (χ0n) is 13.5. The summed E-state index contributed by atoms with van der Waals surface area (Å²) < 4.78 is 1.28. The zero-order chi connectivity index (χ0) is 15.8. The highest BCUT2D eigenvalue weighted by Crippen LogP contribution is 2.10. The molecule has 0 spiro atoms. The molecule has 0 radical (unpaired) electrons. The van der Waals surface area contributed by atoms with Gasteiger partial charge in [0, 0.05) is 9.99 Å². The van der Waals surface area contributed by atoms with Gasteiger partial charge < -0.3 is 0 Å². The Kier molecular flexibility index (Phi) is 7.32. The van der Waals surface area contributed by atoms with Crippen molar-refractivity contribution < 1.29 is 0 Å². The van der Waals surface area contributed by atoms with Gasteiger partial charge in [-0.2, -0.15) is 5.10 Å². The molecular formula is C17H25IN4. The van der Waals surface area contributed by atoms with E-state index in [0.29, 0.717) is 0 Å². The first kappa shape index (κ1) is 17.4. The SMILES string of the molecule is CCCN(CCC)Cc1nc(CCc2cccc(I)c2)n[nH]1. The third kappa shape index (κ3) is 5.68. The third-order valence-electron chi connectivity index (χ3n) is 3.56. The Balaban J connectivity index is 1.88. The van der Waals surface area contributed by atoms with Crippen LogP contribution in [0.1, 0.15) is 43.9 Å². The van der Waals surface area contributed by atoms with E-state index in [1.165, 1.54) is 22.0 Å². The molecule has 0 fully saturated rings. The molecule has 2 rings (SSSR count). The number of halogens is 1. The van der Waals surface area contributed by atoms with Crippen LogP contribution in [0.4, 0.5) is 0 Å². The third-order valence-corrected chi connectivity index (χ3v) is 4.23. The van der Waals surface area contributed by atoms with Crippen molar-refractivity contribution in [2.75, 3.05) is 13.1 Å². The van der Waals surface area contributed by atoms with Gasteiger partial charge in [-0.3, -0.25) is 10.00 Å². The maximum atomic E-state index is 4.64. The molecule has 0 aliphatic carbocycles. The molecule has 0 aliphatic rings. The van der Waals surface area contributed by atoms with Gasteiger partial charge in [0.25, 0.3) is 0 Å². The normalized spacial score (nSPS) is 11.3. The van der Waals surface area contributed by atoms with Crippen LogP contribution in [0, 0.1) is 3.57 Å². The number of aryl methyl sites for hydroxylation is 2. The molecule has 2 aromatic rings. The van der Waals surface area contributed by atoms with Gasteiger partial charge in [-0.15, -0.1) is 0 Å². The van der Waals surface area contributed by atoms with Crippen molar-refractivity contribution in [1.29, 1.82) is 0 Å². The fourth-order valence-electron chi connectivity index (χ4n) is 2.58. The molecule has 0 unspecified atom stereocenters. The molecule has 1 N–H and O–H groups in total. The second kappa shape index (κ2) is 9.25. The van der Waals surface area contributed by atoms with Gasteiger partial charge in [0.15, 0.2) is 5.82 Å². The lowest BCUT2D eigenvalue weighted by atomic mass is 10.1. The average Bonchev–Trinajstić information content (AvgIpc) is 2.93. The number of H-pyrrole nitrogens is 1. The molecule has 0 bridgehead atoms. The van der Waals surface area contributed by atoms with Gasteiger partial charge in [0.2, 0.25) is 0 Å².